The van der Waals surface area contributed by atoms with Crippen LogP contribution in [0.1, 0.15) is 27.7 Å². The van der Waals surface area contributed by atoms with Gasteiger partial charge in [-0.25, -0.2) is 9.59 Å². The molecule has 0 aliphatic rings. The number of hydrogen-bond acceptors (Lipinski definition) is 4. The highest BCUT2D eigenvalue weighted by Crippen LogP contribution is 1.94. The van der Waals surface area contributed by atoms with E-state index in [2.05, 4.69) is 11.3 Å². The zero-order valence-electron chi connectivity index (χ0n) is 9.98. The Morgan fingerprint density at radius 3 is 1.88 bits per heavy atom. The Bertz CT molecular complexity index is 289. The lowest BCUT2D eigenvalue weighted by Gasteiger charge is -2.04. The molecule has 1 atom stereocenters. The largest absolute Gasteiger partial charge is 0.478 e. The fraction of sp³-hybridized carbons (Fsp3) is 0.455. The molecule has 0 aromatic rings. The number of aliphatic carboxylic acids is 1. The van der Waals surface area contributed by atoms with E-state index in [1.165, 1.54) is 13.8 Å². The van der Waals surface area contributed by atoms with Crippen molar-refractivity contribution in [1.82, 2.24) is 0 Å². The molecule has 0 bridgehead atoms. The van der Waals surface area contributed by atoms with Crippen LogP contribution in [-0.2, 0) is 14.3 Å². The minimum Gasteiger partial charge on any atom is -0.478 e. The molecule has 0 aromatic heterocycles. The van der Waals surface area contributed by atoms with Crippen LogP contribution in [-0.4, -0.2) is 28.4 Å². The number of allylic oxidation sites excluding steroid dienone is 1. The number of rotatable bonds is 3. The van der Waals surface area contributed by atoms with Gasteiger partial charge in [0.1, 0.15) is 0 Å². The second kappa shape index (κ2) is 8.67. The van der Waals surface area contributed by atoms with E-state index in [1.54, 1.807) is 19.9 Å². The Kier molecular flexibility index (Phi) is 9.10. The molecule has 0 aromatic carbocycles. The van der Waals surface area contributed by atoms with E-state index in [0.717, 1.165) is 0 Å². The van der Waals surface area contributed by atoms with Gasteiger partial charge in [0.05, 0.1) is 0 Å². The zero-order valence-corrected chi connectivity index (χ0v) is 9.98. The molecular weight excluding hydrogens is 212 g/mol. The maximum absolute atomic E-state index is 10.5. The number of aliphatic hydroxyl groups is 1. The summed E-state index contributed by atoms with van der Waals surface area (Å²) in [7, 11) is 0. The lowest BCUT2D eigenvalue weighted by Crippen LogP contribution is -2.13. The predicted octanol–water partition coefficient (Wildman–Crippen LogP) is 1.48. The van der Waals surface area contributed by atoms with Crippen molar-refractivity contribution < 1.29 is 24.5 Å². The number of hydrogen-bond donors (Lipinski definition) is 2. The van der Waals surface area contributed by atoms with Crippen LogP contribution in [0.3, 0.4) is 0 Å². The number of ether oxygens (including phenoxy) is 1. The van der Waals surface area contributed by atoms with E-state index in [4.69, 9.17) is 10.2 Å². The summed E-state index contributed by atoms with van der Waals surface area (Å²) in [6, 6.07) is 0. The molecule has 5 nitrogen and oxygen atoms in total. The van der Waals surface area contributed by atoms with Crippen molar-refractivity contribution in [1.29, 1.82) is 0 Å². The van der Waals surface area contributed by atoms with Crippen molar-refractivity contribution >= 4 is 11.9 Å². The average molecular weight is 230 g/mol. The monoisotopic (exact) mass is 230 g/mol. The molecular formula is C11H18O5. The molecule has 0 aliphatic carbocycles. The van der Waals surface area contributed by atoms with Crippen molar-refractivity contribution in [2.75, 3.05) is 0 Å². The van der Waals surface area contributed by atoms with Gasteiger partial charge in [-0.3, -0.25) is 0 Å². The van der Waals surface area contributed by atoms with Crippen molar-refractivity contribution in [3.05, 3.63) is 23.8 Å². The molecule has 5 heteroatoms. The van der Waals surface area contributed by atoms with E-state index in [9.17, 15) is 9.59 Å². The molecule has 1 unspecified atom stereocenters. The Morgan fingerprint density at radius 2 is 1.81 bits per heavy atom. The highest BCUT2D eigenvalue weighted by molar-refractivity contribution is 5.87. The van der Waals surface area contributed by atoms with Gasteiger partial charge in [0.2, 0.25) is 0 Å². The number of carbonyl (C=O) groups is 2. The fourth-order valence-corrected chi connectivity index (χ4v) is 0.379. The molecule has 0 rings (SSSR count). The summed E-state index contributed by atoms with van der Waals surface area (Å²) in [5, 5.41) is 16.6. The second-order valence-electron chi connectivity index (χ2n) is 3.06. The van der Waals surface area contributed by atoms with Gasteiger partial charge in [0, 0.05) is 11.1 Å². The summed E-state index contributed by atoms with van der Waals surface area (Å²) in [5.74, 6) is -1.41. The molecule has 0 amide bonds. The topological polar surface area (TPSA) is 83.8 Å². The molecule has 0 radical (unpaired) electrons. The minimum atomic E-state index is -1.05. The van der Waals surface area contributed by atoms with Crippen LogP contribution < -0.4 is 0 Å². The van der Waals surface area contributed by atoms with Crippen LogP contribution in [0, 0.1) is 0 Å². The standard InChI is InChI=1S/C6H10O3.C5H8O2/c1-4(2)6(8)9-5(3)7;1-3-4(2)5(6)7/h5,7H,1H2,2-3H3;3H,1-2H3,(H,6,7). The molecule has 16 heavy (non-hydrogen) atoms. The van der Waals surface area contributed by atoms with Crippen molar-refractivity contribution in [2.45, 2.75) is 34.0 Å². The third-order valence-corrected chi connectivity index (χ3v) is 1.40. The van der Waals surface area contributed by atoms with Gasteiger partial charge in [-0.1, -0.05) is 12.7 Å². The maximum atomic E-state index is 10.5. The van der Waals surface area contributed by atoms with Crippen LogP contribution in [0.4, 0.5) is 0 Å². The van der Waals surface area contributed by atoms with Gasteiger partial charge in [-0.15, -0.1) is 0 Å². The lowest BCUT2D eigenvalue weighted by atomic mass is 10.3. The fourth-order valence-electron chi connectivity index (χ4n) is 0.379. The van der Waals surface area contributed by atoms with Crippen LogP contribution >= 0.6 is 0 Å². The Hall–Kier alpha value is -1.62. The van der Waals surface area contributed by atoms with Gasteiger partial charge in [0.25, 0.3) is 0 Å². The summed E-state index contributed by atoms with van der Waals surface area (Å²) in [6.45, 7) is 9.46. The molecule has 0 saturated heterocycles. The maximum Gasteiger partial charge on any atom is 0.335 e. The number of carbonyl (C=O) groups excluding carboxylic acids is 1. The van der Waals surface area contributed by atoms with Gasteiger partial charge >= 0.3 is 11.9 Å². The summed E-state index contributed by atoms with van der Waals surface area (Å²) in [5.41, 5.74) is 0.677. The highest BCUT2D eigenvalue weighted by atomic mass is 16.6. The van der Waals surface area contributed by atoms with Crippen LogP contribution in [0.25, 0.3) is 0 Å². The predicted molar refractivity (Wildman–Crippen MR) is 59.7 cm³/mol. The third kappa shape index (κ3) is 10.5. The number of aliphatic hydroxyl groups excluding tert-OH is 1. The number of esters is 1. The lowest BCUT2D eigenvalue weighted by molar-refractivity contribution is -0.159. The first-order valence-corrected chi connectivity index (χ1v) is 4.63. The van der Waals surface area contributed by atoms with E-state index in [-0.39, 0.29) is 5.57 Å². The van der Waals surface area contributed by atoms with Gasteiger partial charge in [-0.2, -0.15) is 0 Å². The Balaban J connectivity index is 0. The molecule has 92 valence electrons. The molecule has 0 spiro atoms. The molecule has 0 aliphatic heterocycles. The van der Waals surface area contributed by atoms with Crippen LogP contribution in [0.5, 0.6) is 0 Å². The average Bonchev–Trinajstić information content (AvgIpc) is 2.16. The molecule has 0 fully saturated rings. The zero-order chi connectivity index (χ0) is 13.3. The first-order valence-electron chi connectivity index (χ1n) is 4.63. The first kappa shape index (κ1) is 16.8. The number of carboxylic acids is 1. The second-order valence-corrected chi connectivity index (χ2v) is 3.06. The Labute approximate surface area is 95.0 Å². The summed E-state index contributed by atoms with van der Waals surface area (Å²) >= 11 is 0. The van der Waals surface area contributed by atoms with Crippen molar-refractivity contribution in [3.63, 3.8) is 0 Å². The highest BCUT2D eigenvalue weighted by Gasteiger charge is 2.04. The summed E-state index contributed by atoms with van der Waals surface area (Å²) < 4.78 is 4.33. The quantitative estimate of drug-likeness (QED) is 0.436. The van der Waals surface area contributed by atoms with E-state index in [1.807, 2.05) is 0 Å². The normalized spacial score (nSPS) is 11.9. The van der Waals surface area contributed by atoms with Crippen LogP contribution in [0.15, 0.2) is 23.8 Å². The first-order chi connectivity index (χ1) is 7.22. The summed E-state index contributed by atoms with van der Waals surface area (Å²) in [4.78, 5) is 20.3. The smallest absolute Gasteiger partial charge is 0.335 e. The SMILES string of the molecule is C=C(C)C(=O)OC(C)O.CC=C(C)C(=O)O. The van der Waals surface area contributed by atoms with Gasteiger partial charge in [-0.05, 0) is 27.7 Å². The van der Waals surface area contributed by atoms with E-state index in [0.29, 0.717) is 5.57 Å². The van der Waals surface area contributed by atoms with E-state index < -0.39 is 18.2 Å². The molecule has 0 saturated carbocycles. The van der Waals surface area contributed by atoms with Crippen molar-refractivity contribution in [2.24, 2.45) is 0 Å². The van der Waals surface area contributed by atoms with Crippen molar-refractivity contribution in [3.8, 4) is 0 Å². The van der Waals surface area contributed by atoms with Gasteiger partial charge < -0.3 is 14.9 Å². The van der Waals surface area contributed by atoms with Crippen LogP contribution in [0.2, 0.25) is 0 Å². The number of carboxylic acid groups (broad SMARTS) is 1. The molecule has 0 heterocycles. The summed E-state index contributed by atoms with van der Waals surface area (Å²) in [6.07, 6.45) is 0.511. The minimum absolute atomic E-state index is 0.288. The Morgan fingerprint density at radius 1 is 1.38 bits per heavy atom. The van der Waals surface area contributed by atoms with E-state index >= 15 is 0 Å². The third-order valence-electron chi connectivity index (χ3n) is 1.40. The van der Waals surface area contributed by atoms with Gasteiger partial charge in [0.15, 0.2) is 6.29 Å². The molecule has 2 N–H and O–H groups in total.